The van der Waals surface area contributed by atoms with E-state index >= 15 is 0 Å². The van der Waals surface area contributed by atoms with E-state index in [2.05, 4.69) is 19.2 Å². The maximum Gasteiger partial charge on any atom is 1.00 e. The van der Waals surface area contributed by atoms with Gasteiger partial charge in [-0.2, -0.15) is 0 Å². The zero-order chi connectivity index (χ0) is 32.0. The molecule has 242 valence electrons. The van der Waals surface area contributed by atoms with Crippen LogP contribution in [0, 0.1) is 12.8 Å². The standard InChI is InChI=1S/C20H27O4P.C14H11Cl2NO2.Na.H2O/c1-3-5-12-18(4-2)17-22-25(21,23-19-13-8-6-9-14-19)24-20-15-10-7-11-16-20;1-8-6-7-10(15)13(12(8)16)17-11-5-3-2-4-9(11)14(18)19;;/h6-11,13-16,18H,3-5,12,17H2,1-2H3;2-7,17H,1H3,(H,18,19);;1H2/q;;+1;/p-1. The SMILES string of the molecule is CCCCC(CC)COP(=O)(Oc1ccccc1)Oc1ccccc1.Cc1ccc(Cl)c(Nc2ccccc2C(=O)[O-])c1Cl.O.[Na+]. The van der Waals surface area contributed by atoms with Crippen molar-refractivity contribution in [1.29, 1.82) is 0 Å². The van der Waals surface area contributed by atoms with Gasteiger partial charge in [0.05, 0.1) is 28.3 Å². The molecule has 0 radical (unpaired) electrons. The Bertz CT molecular complexity index is 1490. The first kappa shape index (κ1) is 41.5. The van der Waals surface area contributed by atoms with E-state index in [0.717, 1.165) is 31.2 Å². The maximum atomic E-state index is 13.2. The van der Waals surface area contributed by atoms with Crippen molar-refractivity contribution in [2.45, 2.75) is 46.5 Å². The predicted molar refractivity (Wildman–Crippen MR) is 180 cm³/mol. The van der Waals surface area contributed by atoms with Gasteiger partial charge in [-0.25, -0.2) is 4.57 Å². The van der Waals surface area contributed by atoms with Gasteiger partial charge in [0.1, 0.15) is 11.5 Å². The van der Waals surface area contributed by atoms with Gasteiger partial charge in [-0.1, -0.05) is 117 Å². The van der Waals surface area contributed by atoms with Gasteiger partial charge in [0, 0.05) is 11.3 Å². The fourth-order valence-electron chi connectivity index (χ4n) is 4.06. The Kier molecular flexibility index (Phi) is 19.3. The number of nitrogens with one attached hydrogen (secondary N) is 1. The second-order valence-electron chi connectivity index (χ2n) is 9.98. The van der Waals surface area contributed by atoms with Crippen molar-refractivity contribution in [2.24, 2.45) is 5.92 Å². The Labute approximate surface area is 303 Å². The number of hydrogen-bond acceptors (Lipinski definition) is 7. The zero-order valence-electron chi connectivity index (χ0n) is 26.5. The Morgan fingerprint density at radius 3 is 1.93 bits per heavy atom. The van der Waals surface area contributed by atoms with E-state index in [9.17, 15) is 14.5 Å². The molecule has 0 fully saturated rings. The molecule has 1 atom stereocenters. The van der Waals surface area contributed by atoms with Crippen LogP contribution in [0.2, 0.25) is 10.0 Å². The number of aryl methyl sites for hydroxylation is 1. The number of anilines is 2. The number of halogens is 2. The summed E-state index contributed by atoms with van der Waals surface area (Å²) in [7, 11) is -3.76. The monoisotopic (exact) mass is 697 g/mol. The van der Waals surface area contributed by atoms with Crippen LogP contribution in [0.25, 0.3) is 0 Å². The Morgan fingerprint density at radius 2 is 1.41 bits per heavy atom. The summed E-state index contributed by atoms with van der Waals surface area (Å²) < 4.78 is 30.1. The van der Waals surface area contributed by atoms with E-state index in [4.69, 9.17) is 36.8 Å². The molecular weight excluding hydrogens is 659 g/mol. The fourth-order valence-corrected chi connectivity index (χ4v) is 5.82. The number of hydrogen-bond donors (Lipinski definition) is 1. The summed E-state index contributed by atoms with van der Waals surface area (Å²) in [5.41, 5.74) is 1.77. The Balaban J connectivity index is 0.000000455. The second-order valence-corrected chi connectivity index (χ2v) is 12.3. The number of carboxylic acids is 1. The molecule has 46 heavy (non-hydrogen) atoms. The summed E-state index contributed by atoms with van der Waals surface area (Å²) in [6.45, 7) is 6.47. The molecule has 0 bridgehead atoms. The van der Waals surface area contributed by atoms with Crippen molar-refractivity contribution >= 4 is 48.4 Å². The molecule has 4 aromatic carbocycles. The molecule has 0 spiro atoms. The number of carbonyl (C=O) groups excluding carboxylic acids is 1. The minimum atomic E-state index is -3.76. The van der Waals surface area contributed by atoms with Gasteiger partial charge < -0.3 is 29.7 Å². The van der Waals surface area contributed by atoms with Crippen LogP contribution in [0.15, 0.2) is 97.1 Å². The molecule has 0 amide bonds. The first-order valence-electron chi connectivity index (χ1n) is 14.4. The van der Waals surface area contributed by atoms with Gasteiger partial charge >= 0.3 is 37.4 Å². The third kappa shape index (κ3) is 13.3. The van der Waals surface area contributed by atoms with Crippen molar-refractivity contribution in [3.05, 3.63) is 118 Å². The number of para-hydroxylation sites is 3. The number of unbranched alkanes of at least 4 members (excludes halogenated alkanes) is 1. The molecule has 3 N–H and O–H groups in total. The normalized spacial score (nSPS) is 11.1. The third-order valence-electron chi connectivity index (χ3n) is 6.62. The van der Waals surface area contributed by atoms with Gasteiger partial charge in [0.25, 0.3) is 0 Å². The largest absolute Gasteiger partial charge is 1.00 e. The van der Waals surface area contributed by atoms with Crippen LogP contribution >= 0.6 is 31.0 Å². The van der Waals surface area contributed by atoms with Gasteiger partial charge in [-0.05, 0) is 61.2 Å². The molecule has 1 unspecified atom stereocenters. The summed E-state index contributed by atoms with van der Waals surface area (Å²) in [5.74, 6) is 0.00163. The molecule has 4 aromatic rings. The van der Waals surface area contributed by atoms with Crippen LogP contribution in [0.1, 0.15) is 55.5 Å². The summed E-state index contributed by atoms with van der Waals surface area (Å²) >= 11 is 12.2. The third-order valence-corrected chi connectivity index (χ3v) is 8.76. The van der Waals surface area contributed by atoms with Gasteiger partial charge in [-0.3, -0.25) is 4.52 Å². The molecule has 0 aliphatic rings. The first-order chi connectivity index (χ1) is 21.2. The summed E-state index contributed by atoms with van der Waals surface area (Å²) in [5, 5.41) is 14.9. The van der Waals surface area contributed by atoms with Crippen molar-refractivity contribution in [2.75, 3.05) is 11.9 Å². The minimum absolute atomic E-state index is 0. The zero-order valence-corrected chi connectivity index (χ0v) is 30.9. The molecule has 4 rings (SSSR count). The van der Waals surface area contributed by atoms with Crippen LogP contribution in [-0.4, -0.2) is 18.1 Å². The molecule has 12 heteroatoms. The van der Waals surface area contributed by atoms with Gasteiger partial charge in [0.15, 0.2) is 0 Å². The van der Waals surface area contributed by atoms with E-state index in [1.54, 1.807) is 54.6 Å². The van der Waals surface area contributed by atoms with Crippen LogP contribution in [-0.2, 0) is 9.09 Å². The fraction of sp³-hybridized carbons (Fsp3) is 0.265. The molecule has 8 nitrogen and oxygen atoms in total. The number of rotatable bonds is 14. The number of carboxylic acid groups (broad SMARTS) is 1. The second kappa shape index (κ2) is 21.4. The van der Waals surface area contributed by atoms with Crippen LogP contribution in [0.4, 0.5) is 11.4 Å². The van der Waals surface area contributed by atoms with E-state index < -0.39 is 13.8 Å². The van der Waals surface area contributed by atoms with Crippen molar-refractivity contribution in [1.82, 2.24) is 0 Å². The van der Waals surface area contributed by atoms with Crippen molar-refractivity contribution in [3.8, 4) is 11.5 Å². The molecule has 0 aliphatic heterocycles. The topological polar surface area (TPSA) is 128 Å². The number of phosphoric acid groups is 1. The minimum Gasteiger partial charge on any atom is -0.545 e. The molecule has 0 saturated carbocycles. The Morgan fingerprint density at radius 1 is 0.870 bits per heavy atom. The quantitative estimate of drug-likeness (QED) is 0.125. The van der Waals surface area contributed by atoms with E-state index in [0.29, 0.717) is 45.4 Å². The van der Waals surface area contributed by atoms with E-state index in [1.165, 1.54) is 6.07 Å². The molecule has 0 saturated heterocycles. The predicted octanol–water partition coefficient (Wildman–Crippen LogP) is 6.07. The first-order valence-corrected chi connectivity index (χ1v) is 16.6. The summed E-state index contributed by atoms with van der Waals surface area (Å²) in [6.07, 6.45) is 4.28. The molecule has 0 aliphatic carbocycles. The van der Waals surface area contributed by atoms with Crippen LogP contribution in [0.5, 0.6) is 11.5 Å². The van der Waals surface area contributed by atoms with Crippen molar-refractivity contribution in [3.63, 3.8) is 0 Å². The van der Waals surface area contributed by atoms with Gasteiger partial charge in [0.2, 0.25) is 0 Å². The average Bonchev–Trinajstić information content (AvgIpc) is 3.02. The van der Waals surface area contributed by atoms with Crippen LogP contribution in [0.3, 0.4) is 0 Å². The Hall–Kier alpha value is -2.52. The number of phosphoric ester groups is 1. The van der Waals surface area contributed by atoms with E-state index in [1.807, 2.05) is 43.3 Å². The maximum absolute atomic E-state index is 13.2. The molecule has 0 heterocycles. The molecule has 0 aromatic heterocycles. The summed E-state index contributed by atoms with van der Waals surface area (Å²) in [6, 6.07) is 27.9. The van der Waals surface area contributed by atoms with Crippen molar-refractivity contribution < 1.29 is 63.1 Å². The van der Waals surface area contributed by atoms with E-state index in [-0.39, 0.29) is 40.6 Å². The summed E-state index contributed by atoms with van der Waals surface area (Å²) in [4.78, 5) is 11.0. The smallest absolute Gasteiger partial charge is 0.545 e. The van der Waals surface area contributed by atoms with Crippen LogP contribution < -0.4 is 49.0 Å². The average molecular weight is 699 g/mol. The molecular formula is C34H39Cl2NNaO7P. The number of benzene rings is 4. The number of aromatic carboxylic acids is 1. The van der Waals surface area contributed by atoms with Gasteiger partial charge in [-0.15, -0.1) is 0 Å². The number of carbonyl (C=O) groups is 1.